The smallest absolute Gasteiger partial charge is 0.261 e. The van der Waals surface area contributed by atoms with Gasteiger partial charge in [-0.2, -0.15) is 0 Å². The largest absolute Gasteiger partial charge is 0.489 e. The molecule has 4 nitrogen and oxygen atoms in total. The lowest BCUT2D eigenvalue weighted by atomic mass is 10.2. The third-order valence-corrected chi connectivity index (χ3v) is 4.63. The second-order valence-corrected chi connectivity index (χ2v) is 6.63. The number of nitrogens with one attached hydrogen (secondary N) is 1. The van der Waals surface area contributed by atoms with Crippen LogP contribution in [-0.4, -0.2) is 5.91 Å². The van der Waals surface area contributed by atoms with E-state index in [1.165, 1.54) is 11.3 Å². The van der Waals surface area contributed by atoms with Crippen molar-refractivity contribution in [3.05, 3.63) is 74.8 Å². The van der Waals surface area contributed by atoms with Gasteiger partial charge in [-0.15, -0.1) is 11.3 Å². The highest BCUT2D eigenvalue weighted by Gasteiger charge is 2.10. The number of furan rings is 1. The van der Waals surface area contributed by atoms with Crippen molar-refractivity contribution in [3.63, 3.8) is 0 Å². The van der Waals surface area contributed by atoms with E-state index < -0.39 is 0 Å². The lowest BCUT2D eigenvalue weighted by Crippen LogP contribution is -2.21. The zero-order valence-electron chi connectivity index (χ0n) is 13.0. The predicted octanol–water partition coefficient (Wildman–Crippen LogP) is 4.81. The highest BCUT2D eigenvalue weighted by atomic mass is 35.5. The molecule has 2 heterocycles. The molecule has 0 fully saturated rings. The van der Waals surface area contributed by atoms with E-state index in [0.29, 0.717) is 23.1 Å². The second-order valence-electron chi connectivity index (χ2n) is 5.28. The number of benzene rings is 1. The Bertz CT molecular complexity index is 827. The van der Waals surface area contributed by atoms with Gasteiger partial charge < -0.3 is 14.5 Å². The summed E-state index contributed by atoms with van der Waals surface area (Å²) in [6.07, 6.45) is 1.58. The molecule has 0 saturated carbocycles. The monoisotopic (exact) mass is 361 g/mol. The summed E-state index contributed by atoms with van der Waals surface area (Å²) >= 11 is 7.33. The summed E-state index contributed by atoms with van der Waals surface area (Å²) < 4.78 is 11.0. The molecule has 0 saturated heterocycles. The summed E-state index contributed by atoms with van der Waals surface area (Å²) in [7, 11) is 0. The molecule has 1 aromatic carbocycles. The minimum absolute atomic E-state index is 0.120. The summed E-state index contributed by atoms with van der Waals surface area (Å²) in [5, 5.41) is 5.44. The van der Waals surface area contributed by atoms with Crippen LogP contribution in [0.1, 0.15) is 26.6 Å². The molecule has 0 aliphatic rings. The van der Waals surface area contributed by atoms with Gasteiger partial charge in [-0.25, -0.2) is 0 Å². The summed E-state index contributed by atoms with van der Waals surface area (Å²) in [5.41, 5.74) is 1.94. The summed E-state index contributed by atoms with van der Waals surface area (Å²) in [6, 6.07) is 11.0. The van der Waals surface area contributed by atoms with Crippen LogP contribution in [0.15, 0.2) is 52.5 Å². The van der Waals surface area contributed by atoms with Crippen LogP contribution in [0.2, 0.25) is 5.02 Å². The van der Waals surface area contributed by atoms with Crippen LogP contribution in [0.3, 0.4) is 0 Å². The number of aryl methyl sites for hydroxylation is 1. The van der Waals surface area contributed by atoms with Gasteiger partial charge in [0.15, 0.2) is 0 Å². The van der Waals surface area contributed by atoms with Crippen LogP contribution < -0.4 is 10.1 Å². The van der Waals surface area contributed by atoms with E-state index in [2.05, 4.69) is 5.32 Å². The van der Waals surface area contributed by atoms with E-state index >= 15 is 0 Å². The Labute approximate surface area is 149 Å². The first-order valence-corrected chi connectivity index (χ1v) is 8.64. The van der Waals surface area contributed by atoms with Crippen LogP contribution >= 0.6 is 22.9 Å². The maximum atomic E-state index is 12.1. The number of hydrogen-bond donors (Lipinski definition) is 1. The van der Waals surface area contributed by atoms with Gasteiger partial charge in [0.2, 0.25) is 0 Å². The predicted molar refractivity (Wildman–Crippen MR) is 94.7 cm³/mol. The molecule has 124 valence electrons. The Kier molecular flexibility index (Phi) is 5.23. The average molecular weight is 362 g/mol. The van der Waals surface area contributed by atoms with Crippen molar-refractivity contribution >= 4 is 28.8 Å². The van der Waals surface area contributed by atoms with Crippen LogP contribution in [0.25, 0.3) is 0 Å². The van der Waals surface area contributed by atoms with Gasteiger partial charge in [-0.05, 0) is 54.3 Å². The van der Waals surface area contributed by atoms with E-state index in [-0.39, 0.29) is 5.91 Å². The Morgan fingerprint density at radius 2 is 2.21 bits per heavy atom. The first-order valence-electron chi connectivity index (χ1n) is 7.39. The minimum atomic E-state index is -0.120. The lowest BCUT2D eigenvalue weighted by molar-refractivity contribution is 0.0952. The van der Waals surface area contributed by atoms with Gasteiger partial charge in [0.25, 0.3) is 5.91 Å². The molecule has 3 aromatic rings. The molecule has 0 spiro atoms. The van der Waals surface area contributed by atoms with E-state index in [1.54, 1.807) is 18.4 Å². The molecule has 0 bridgehead atoms. The maximum Gasteiger partial charge on any atom is 0.261 e. The molecular weight excluding hydrogens is 346 g/mol. The van der Waals surface area contributed by atoms with Crippen LogP contribution in [0.4, 0.5) is 0 Å². The molecule has 24 heavy (non-hydrogen) atoms. The number of thiophene rings is 1. The summed E-state index contributed by atoms with van der Waals surface area (Å²) in [4.78, 5) is 12.8. The lowest BCUT2D eigenvalue weighted by Gasteiger charge is -2.08. The highest BCUT2D eigenvalue weighted by Crippen LogP contribution is 2.23. The van der Waals surface area contributed by atoms with Gasteiger partial charge in [0, 0.05) is 10.6 Å². The molecule has 1 N–H and O–H groups in total. The fourth-order valence-corrected chi connectivity index (χ4v) is 3.21. The number of ether oxygens (including phenoxy) is 1. The molecule has 3 rings (SSSR count). The van der Waals surface area contributed by atoms with Crippen LogP contribution in [-0.2, 0) is 13.2 Å². The zero-order valence-corrected chi connectivity index (χ0v) is 14.6. The number of carbonyl (C=O) groups is 1. The molecule has 0 radical (unpaired) electrons. The van der Waals surface area contributed by atoms with Crippen molar-refractivity contribution < 1.29 is 13.9 Å². The fraction of sp³-hybridized carbons (Fsp3) is 0.167. The number of hydrogen-bond acceptors (Lipinski definition) is 4. The summed E-state index contributed by atoms with van der Waals surface area (Å²) in [6.45, 7) is 2.73. The molecule has 6 heteroatoms. The minimum Gasteiger partial charge on any atom is -0.489 e. The normalized spacial score (nSPS) is 10.6. The average Bonchev–Trinajstić information content (AvgIpc) is 3.23. The van der Waals surface area contributed by atoms with Gasteiger partial charge in [0.1, 0.15) is 18.1 Å². The Hall–Kier alpha value is -2.24. The van der Waals surface area contributed by atoms with Crippen LogP contribution in [0.5, 0.6) is 5.75 Å². The van der Waals surface area contributed by atoms with Gasteiger partial charge in [-0.1, -0.05) is 11.6 Å². The van der Waals surface area contributed by atoms with Crippen molar-refractivity contribution in [3.8, 4) is 5.75 Å². The second kappa shape index (κ2) is 7.55. The quantitative estimate of drug-likeness (QED) is 0.685. The van der Waals surface area contributed by atoms with E-state index in [1.807, 2.05) is 36.6 Å². The third-order valence-electron chi connectivity index (χ3n) is 3.41. The molecule has 0 atom stereocenters. The van der Waals surface area contributed by atoms with Crippen molar-refractivity contribution in [2.45, 2.75) is 20.1 Å². The Morgan fingerprint density at radius 1 is 1.33 bits per heavy atom. The first-order chi connectivity index (χ1) is 11.6. The van der Waals surface area contributed by atoms with Crippen molar-refractivity contribution in [1.82, 2.24) is 5.32 Å². The summed E-state index contributed by atoms with van der Waals surface area (Å²) in [5.74, 6) is 1.39. The standard InChI is InChI=1S/C18H16ClNO3S/c1-12-7-14(19)4-5-16(12)23-10-13-8-17(24-11-13)18(21)20-9-15-3-2-6-22-15/h2-8,11H,9-10H2,1H3,(H,20,21). The molecule has 0 aliphatic carbocycles. The maximum absolute atomic E-state index is 12.1. The third kappa shape index (κ3) is 4.19. The Balaban J connectivity index is 1.55. The number of amides is 1. The molecular formula is C18H16ClNO3S. The van der Waals surface area contributed by atoms with Crippen LogP contribution in [0, 0.1) is 6.92 Å². The molecule has 1 amide bonds. The van der Waals surface area contributed by atoms with Crippen molar-refractivity contribution in [2.24, 2.45) is 0 Å². The van der Waals surface area contributed by atoms with Crippen molar-refractivity contribution in [2.75, 3.05) is 0 Å². The highest BCUT2D eigenvalue weighted by molar-refractivity contribution is 7.12. The topological polar surface area (TPSA) is 51.5 Å². The fourth-order valence-electron chi connectivity index (χ4n) is 2.17. The van der Waals surface area contributed by atoms with E-state index in [4.69, 9.17) is 20.8 Å². The molecule has 0 aliphatic heterocycles. The number of carbonyl (C=O) groups excluding carboxylic acids is 1. The molecule has 2 aromatic heterocycles. The Morgan fingerprint density at radius 3 is 2.96 bits per heavy atom. The van der Waals surface area contributed by atoms with E-state index in [0.717, 1.165) is 22.6 Å². The van der Waals surface area contributed by atoms with Gasteiger partial charge in [-0.3, -0.25) is 4.79 Å². The van der Waals surface area contributed by atoms with Crippen molar-refractivity contribution in [1.29, 1.82) is 0 Å². The number of halogens is 1. The van der Waals surface area contributed by atoms with Gasteiger partial charge >= 0.3 is 0 Å². The van der Waals surface area contributed by atoms with Gasteiger partial charge in [0.05, 0.1) is 17.7 Å². The SMILES string of the molecule is Cc1cc(Cl)ccc1OCc1csc(C(=O)NCc2ccco2)c1. The zero-order chi connectivity index (χ0) is 16.9. The molecule has 0 unspecified atom stereocenters. The van der Waals surface area contributed by atoms with E-state index in [9.17, 15) is 4.79 Å². The first kappa shape index (κ1) is 16.6. The number of rotatable bonds is 6.